The van der Waals surface area contributed by atoms with Gasteiger partial charge in [0.25, 0.3) is 5.91 Å². The van der Waals surface area contributed by atoms with Crippen LogP contribution in [0.1, 0.15) is 42.5 Å². The SMILES string of the molecule is COC(=O)C(NC(=O)c1ccc(-c2ccc(OC)c(F)c2)cc1N)C1CCCCC1. The average molecular weight is 414 g/mol. The lowest BCUT2D eigenvalue weighted by Gasteiger charge is -2.29. The molecule has 2 aromatic rings. The van der Waals surface area contributed by atoms with Crippen molar-refractivity contribution in [2.45, 2.75) is 38.1 Å². The number of benzene rings is 2. The maximum absolute atomic E-state index is 14.0. The first-order valence-electron chi connectivity index (χ1n) is 10.1. The normalized spacial score (nSPS) is 15.3. The van der Waals surface area contributed by atoms with Crippen LogP contribution in [0.4, 0.5) is 10.1 Å². The number of carbonyl (C=O) groups is 2. The van der Waals surface area contributed by atoms with Gasteiger partial charge in [-0.1, -0.05) is 31.4 Å². The molecule has 0 aromatic heterocycles. The van der Waals surface area contributed by atoms with E-state index in [0.717, 1.165) is 32.1 Å². The van der Waals surface area contributed by atoms with Crippen LogP contribution >= 0.6 is 0 Å². The standard InChI is InChI=1S/C23H27FN2O4/c1-29-20-11-9-15(12-18(20)24)16-8-10-17(19(25)13-16)22(27)26-21(23(28)30-2)14-6-4-3-5-7-14/h8-14,21H,3-7,25H2,1-2H3,(H,26,27). The van der Waals surface area contributed by atoms with Gasteiger partial charge in [0, 0.05) is 5.69 Å². The third-order valence-electron chi connectivity index (χ3n) is 5.64. The van der Waals surface area contributed by atoms with Gasteiger partial charge in [-0.25, -0.2) is 9.18 Å². The Bertz CT molecular complexity index is 925. The van der Waals surface area contributed by atoms with Crippen LogP contribution in [0.25, 0.3) is 11.1 Å². The summed E-state index contributed by atoms with van der Waals surface area (Å²) in [6.07, 6.45) is 4.94. The Morgan fingerprint density at radius 3 is 2.33 bits per heavy atom. The molecule has 1 fully saturated rings. The fourth-order valence-corrected chi connectivity index (χ4v) is 3.98. The highest BCUT2D eigenvalue weighted by atomic mass is 19.1. The van der Waals surface area contributed by atoms with Crippen molar-refractivity contribution in [3.8, 4) is 16.9 Å². The summed E-state index contributed by atoms with van der Waals surface area (Å²) < 4.78 is 23.9. The molecule has 0 radical (unpaired) electrons. The van der Waals surface area contributed by atoms with Crippen LogP contribution in [0.5, 0.6) is 5.75 Å². The van der Waals surface area contributed by atoms with E-state index in [2.05, 4.69) is 5.32 Å². The van der Waals surface area contributed by atoms with E-state index in [9.17, 15) is 14.0 Å². The maximum Gasteiger partial charge on any atom is 0.328 e. The van der Waals surface area contributed by atoms with Gasteiger partial charge in [-0.3, -0.25) is 4.79 Å². The second-order valence-electron chi connectivity index (χ2n) is 7.52. The molecule has 0 saturated heterocycles. The highest BCUT2D eigenvalue weighted by Gasteiger charge is 2.32. The van der Waals surface area contributed by atoms with E-state index in [4.69, 9.17) is 15.2 Å². The number of rotatable bonds is 6. The molecule has 30 heavy (non-hydrogen) atoms. The van der Waals surface area contributed by atoms with Crippen molar-refractivity contribution < 1.29 is 23.5 Å². The van der Waals surface area contributed by atoms with E-state index in [1.165, 1.54) is 26.4 Å². The first-order valence-corrected chi connectivity index (χ1v) is 10.1. The van der Waals surface area contributed by atoms with Crippen molar-refractivity contribution in [2.75, 3.05) is 20.0 Å². The van der Waals surface area contributed by atoms with E-state index in [1.807, 2.05) is 0 Å². The topological polar surface area (TPSA) is 90.6 Å². The quantitative estimate of drug-likeness (QED) is 0.552. The van der Waals surface area contributed by atoms with Crippen molar-refractivity contribution in [3.05, 3.63) is 47.8 Å². The summed E-state index contributed by atoms with van der Waals surface area (Å²) in [5.41, 5.74) is 7.91. The Kier molecular flexibility index (Phi) is 6.92. The van der Waals surface area contributed by atoms with Crippen LogP contribution in [0, 0.1) is 11.7 Å². The zero-order valence-corrected chi connectivity index (χ0v) is 17.2. The van der Waals surface area contributed by atoms with Gasteiger partial charge >= 0.3 is 5.97 Å². The monoisotopic (exact) mass is 414 g/mol. The van der Waals surface area contributed by atoms with Gasteiger partial charge in [0.05, 0.1) is 19.8 Å². The van der Waals surface area contributed by atoms with Crippen molar-refractivity contribution in [3.63, 3.8) is 0 Å². The molecule has 0 bridgehead atoms. The first-order chi connectivity index (χ1) is 14.4. The highest BCUT2D eigenvalue weighted by Crippen LogP contribution is 2.29. The Morgan fingerprint density at radius 1 is 1.07 bits per heavy atom. The minimum Gasteiger partial charge on any atom is -0.494 e. The number of esters is 1. The number of nitrogens with one attached hydrogen (secondary N) is 1. The molecule has 1 saturated carbocycles. The molecule has 1 aliphatic rings. The number of hydrogen-bond acceptors (Lipinski definition) is 5. The summed E-state index contributed by atoms with van der Waals surface area (Å²) >= 11 is 0. The third kappa shape index (κ3) is 4.72. The molecule has 0 heterocycles. The Morgan fingerprint density at radius 2 is 1.73 bits per heavy atom. The van der Waals surface area contributed by atoms with E-state index in [1.54, 1.807) is 24.3 Å². The number of methoxy groups -OCH3 is 2. The van der Waals surface area contributed by atoms with E-state index in [0.29, 0.717) is 11.1 Å². The van der Waals surface area contributed by atoms with Gasteiger partial charge in [-0.05, 0) is 54.2 Å². The van der Waals surface area contributed by atoms with Crippen LogP contribution in [-0.4, -0.2) is 32.1 Å². The van der Waals surface area contributed by atoms with Crippen LogP contribution in [0.2, 0.25) is 0 Å². The Hall–Kier alpha value is -3.09. The molecule has 2 aromatic carbocycles. The molecule has 3 rings (SSSR count). The van der Waals surface area contributed by atoms with Crippen molar-refractivity contribution in [2.24, 2.45) is 5.92 Å². The number of nitrogen functional groups attached to an aromatic ring is 1. The van der Waals surface area contributed by atoms with Crippen LogP contribution in [-0.2, 0) is 9.53 Å². The Labute approximate surface area is 175 Å². The molecule has 1 atom stereocenters. The lowest BCUT2D eigenvalue weighted by atomic mass is 9.83. The summed E-state index contributed by atoms with van der Waals surface area (Å²) in [5.74, 6) is -1.15. The molecule has 1 unspecified atom stereocenters. The van der Waals surface area contributed by atoms with Crippen molar-refractivity contribution in [1.29, 1.82) is 0 Å². The number of ether oxygens (including phenoxy) is 2. The lowest BCUT2D eigenvalue weighted by molar-refractivity contribution is -0.144. The predicted molar refractivity (Wildman–Crippen MR) is 113 cm³/mol. The van der Waals surface area contributed by atoms with Gasteiger partial charge in [-0.15, -0.1) is 0 Å². The smallest absolute Gasteiger partial charge is 0.328 e. The molecular formula is C23H27FN2O4. The summed E-state index contributed by atoms with van der Waals surface area (Å²) in [6.45, 7) is 0. The zero-order valence-electron chi connectivity index (χ0n) is 17.2. The zero-order chi connectivity index (χ0) is 21.7. The third-order valence-corrected chi connectivity index (χ3v) is 5.64. The summed E-state index contributed by atoms with van der Waals surface area (Å²) in [6, 6.07) is 8.79. The highest BCUT2D eigenvalue weighted by molar-refractivity contribution is 6.01. The fourth-order valence-electron chi connectivity index (χ4n) is 3.98. The molecule has 1 amide bonds. The number of hydrogen-bond donors (Lipinski definition) is 2. The lowest BCUT2D eigenvalue weighted by Crippen LogP contribution is -2.47. The minimum atomic E-state index is -0.697. The van der Waals surface area contributed by atoms with Crippen molar-refractivity contribution >= 4 is 17.6 Å². The van der Waals surface area contributed by atoms with Crippen molar-refractivity contribution in [1.82, 2.24) is 5.32 Å². The molecule has 3 N–H and O–H groups in total. The molecule has 1 aliphatic carbocycles. The van der Waals surface area contributed by atoms with E-state index in [-0.39, 0.29) is 22.9 Å². The van der Waals surface area contributed by atoms with Gasteiger partial charge in [-0.2, -0.15) is 0 Å². The summed E-state index contributed by atoms with van der Waals surface area (Å²) in [4.78, 5) is 25.1. The molecule has 7 heteroatoms. The Balaban J connectivity index is 1.80. The van der Waals surface area contributed by atoms with Crippen LogP contribution in [0.15, 0.2) is 36.4 Å². The summed E-state index contributed by atoms with van der Waals surface area (Å²) in [5, 5.41) is 2.81. The second-order valence-corrected chi connectivity index (χ2v) is 7.52. The number of anilines is 1. The molecule has 0 aliphatic heterocycles. The average Bonchev–Trinajstić information content (AvgIpc) is 2.77. The van der Waals surface area contributed by atoms with Gasteiger partial charge in [0.1, 0.15) is 6.04 Å². The van der Waals surface area contributed by atoms with Gasteiger partial charge in [0.2, 0.25) is 0 Å². The number of halogens is 1. The van der Waals surface area contributed by atoms with Gasteiger partial charge in [0.15, 0.2) is 11.6 Å². The number of carbonyl (C=O) groups excluding carboxylic acids is 2. The largest absolute Gasteiger partial charge is 0.494 e. The summed E-state index contributed by atoms with van der Waals surface area (Å²) in [7, 11) is 2.72. The van der Waals surface area contributed by atoms with E-state index < -0.39 is 23.7 Å². The second kappa shape index (κ2) is 9.61. The molecule has 160 valence electrons. The van der Waals surface area contributed by atoms with E-state index >= 15 is 0 Å². The van der Waals surface area contributed by atoms with Crippen LogP contribution in [0.3, 0.4) is 0 Å². The van der Waals surface area contributed by atoms with Gasteiger partial charge < -0.3 is 20.5 Å². The fraction of sp³-hybridized carbons (Fsp3) is 0.391. The maximum atomic E-state index is 14.0. The minimum absolute atomic E-state index is 0.0536. The van der Waals surface area contributed by atoms with Crippen LogP contribution < -0.4 is 15.8 Å². The number of nitrogens with two attached hydrogens (primary N) is 1. The molecule has 6 nitrogen and oxygen atoms in total. The molecule has 0 spiro atoms. The first kappa shape index (κ1) is 21.6. The molecular weight excluding hydrogens is 387 g/mol. The number of amides is 1. The predicted octanol–water partition coefficient (Wildman–Crippen LogP) is 3.94.